The molecule has 3 aliphatic heterocycles. The number of nitrogens with zero attached hydrogens (tertiary/aromatic N) is 5. The predicted molar refractivity (Wildman–Crippen MR) is 138 cm³/mol. The standard InChI is InChI=1S/C26H34N6OS/c1-18-5-4-12-32(18)26-29-21-15-25(27-16-23(21)34-26)30-24-7-6-20(19-8-13-33-14-9-19)22(28-24)17-31-10-2-3-11-31/h6-7,15-16,18-19H,2-5,8-14,17H2,1H3,(H,27,28,30)/t18-/m0/s1. The average molecular weight is 479 g/mol. The molecule has 6 rings (SSSR count). The summed E-state index contributed by atoms with van der Waals surface area (Å²) >= 11 is 1.74. The summed E-state index contributed by atoms with van der Waals surface area (Å²) in [5.41, 5.74) is 3.61. The molecule has 0 bridgehead atoms. The summed E-state index contributed by atoms with van der Waals surface area (Å²) in [6.45, 7) is 8.37. The van der Waals surface area contributed by atoms with Crippen molar-refractivity contribution in [1.29, 1.82) is 0 Å². The molecule has 34 heavy (non-hydrogen) atoms. The Morgan fingerprint density at radius 1 is 1.03 bits per heavy atom. The lowest BCUT2D eigenvalue weighted by Gasteiger charge is -2.26. The van der Waals surface area contributed by atoms with Crippen molar-refractivity contribution in [1.82, 2.24) is 19.9 Å². The van der Waals surface area contributed by atoms with Gasteiger partial charge in [0.1, 0.15) is 11.6 Å². The van der Waals surface area contributed by atoms with Crippen molar-refractivity contribution >= 4 is 38.3 Å². The molecule has 0 radical (unpaired) electrons. The van der Waals surface area contributed by atoms with Crippen LogP contribution in [0.3, 0.4) is 0 Å². The average Bonchev–Trinajstić information content (AvgIpc) is 3.61. The normalized spacial score (nSPS) is 22.1. The molecule has 7 nitrogen and oxygen atoms in total. The summed E-state index contributed by atoms with van der Waals surface area (Å²) < 4.78 is 6.75. The Balaban J connectivity index is 1.25. The van der Waals surface area contributed by atoms with Crippen molar-refractivity contribution in [2.45, 2.75) is 64.0 Å². The number of anilines is 3. The fourth-order valence-electron chi connectivity index (χ4n) is 5.60. The minimum absolute atomic E-state index is 0.545. The first-order valence-corrected chi connectivity index (χ1v) is 13.6. The van der Waals surface area contributed by atoms with E-state index in [0.717, 1.165) is 66.1 Å². The predicted octanol–water partition coefficient (Wildman–Crippen LogP) is 5.31. The fourth-order valence-corrected chi connectivity index (χ4v) is 6.65. The van der Waals surface area contributed by atoms with Gasteiger partial charge < -0.3 is 15.0 Å². The van der Waals surface area contributed by atoms with Gasteiger partial charge in [-0.25, -0.2) is 15.0 Å². The van der Waals surface area contributed by atoms with Gasteiger partial charge in [0.25, 0.3) is 0 Å². The van der Waals surface area contributed by atoms with Crippen molar-refractivity contribution in [2.75, 3.05) is 43.1 Å². The minimum atomic E-state index is 0.545. The lowest BCUT2D eigenvalue weighted by atomic mass is 9.90. The number of aromatic nitrogens is 3. The van der Waals surface area contributed by atoms with E-state index in [1.807, 2.05) is 6.20 Å². The largest absolute Gasteiger partial charge is 0.381 e. The van der Waals surface area contributed by atoms with Crippen LogP contribution < -0.4 is 10.2 Å². The summed E-state index contributed by atoms with van der Waals surface area (Å²) in [4.78, 5) is 19.7. The van der Waals surface area contributed by atoms with Crippen LogP contribution in [0.1, 0.15) is 62.6 Å². The molecule has 1 N–H and O–H groups in total. The number of thiazole rings is 1. The molecule has 3 aromatic rings. The number of fused-ring (bicyclic) bond motifs is 1. The summed E-state index contributed by atoms with van der Waals surface area (Å²) in [6, 6.07) is 7.02. The van der Waals surface area contributed by atoms with E-state index in [1.54, 1.807) is 11.3 Å². The Labute approximate surface area is 205 Å². The molecule has 3 fully saturated rings. The molecular formula is C26H34N6OS. The lowest BCUT2D eigenvalue weighted by Crippen LogP contribution is -2.25. The first-order chi connectivity index (χ1) is 16.7. The van der Waals surface area contributed by atoms with Crippen LogP contribution in [0.2, 0.25) is 0 Å². The third-order valence-corrected chi connectivity index (χ3v) is 8.60. The van der Waals surface area contributed by atoms with Crippen LogP contribution in [-0.4, -0.2) is 58.7 Å². The second-order valence-corrected chi connectivity index (χ2v) is 11.0. The molecule has 0 spiro atoms. The van der Waals surface area contributed by atoms with Crippen LogP contribution in [0.15, 0.2) is 24.4 Å². The van der Waals surface area contributed by atoms with E-state index < -0.39 is 0 Å². The smallest absolute Gasteiger partial charge is 0.186 e. The fraction of sp³-hybridized carbons (Fsp3) is 0.577. The van der Waals surface area contributed by atoms with Crippen LogP contribution >= 0.6 is 11.3 Å². The van der Waals surface area contributed by atoms with E-state index in [2.05, 4.69) is 45.2 Å². The van der Waals surface area contributed by atoms with Gasteiger partial charge in [0, 0.05) is 44.6 Å². The highest BCUT2D eigenvalue weighted by Gasteiger charge is 2.24. The first-order valence-electron chi connectivity index (χ1n) is 12.8. The second-order valence-electron chi connectivity index (χ2n) is 9.95. The summed E-state index contributed by atoms with van der Waals surface area (Å²) in [7, 11) is 0. The van der Waals surface area contributed by atoms with E-state index in [9.17, 15) is 0 Å². The Morgan fingerprint density at radius 3 is 2.68 bits per heavy atom. The van der Waals surface area contributed by atoms with Crippen LogP contribution in [0.4, 0.5) is 16.8 Å². The van der Waals surface area contributed by atoms with Crippen LogP contribution in [-0.2, 0) is 11.3 Å². The first kappa shape index (κ1) is 22.2. The molecule has 0 saturated carbocycles. The lowest BCUT2D eigenvalue weighted by molar-refractivity contribution is 0.0849. The van der Waals surface area contributed by atoms with Crippen molar-refractivity contribution in [3.05, 3.63) is 35.7 Å². The van der Waals surface area contributed by atoms with E-state index in [0.29, 0.717) is 12.0 Å². The molecule has 6 heterocycles. The topological polar surface area (TPSA) is 66.4 Å². The van der Waals surface area contributed by atoms with E-state index >= 15 is 0 Å². The van der Waals surface area contributed by atoms with Gasteiger partial charge in [-0.15, -0.1) is 0 Å². The molecular weight excluding hydrogens is 444 g/mol. The number of nitrogens with one attached hydrogen (secondary N) is 1. The summed E-state index contributed by atoms with van der Waals surface area (Å²) in [6.07, 6.45) is 9.19. The Kier molecular flexibility index (Phi) is 6.37. The highest BCUT2D eigenvalue weighted by Crippen LogP contribution is 2.34. The van der Waals surface area contributed by atoms with Gasteiger partial charge in [0.15, 0.2) is 5.13 Å². The molecule has 180 valence electrons. The molecule has 0 amide bonds. The number of hydrogen-bond donors (Lipinski definition) is 1. The second kappa shape index (κ2) is 9.76. The summed E-state index contributed by atoms with van der Waals surface area (Å²) in [5.74, 6) is 2.21. The van der Waals surface area contributed by atoms with E-state index in [-0.39, 0.29) is 0 Å². The van der Waals surface area contributed by atoms with Crippen LogP contribution in [0, 0.1) is 0 Å². The number of pyridine rings is 2. The molecule has 3 aromatic heterocycles. The van der Waals surface area contributed by atoms with Gasteiger partial charge in [-0.2, -0.15) is 0 Å². The highest BCUT2D eigenvalue weighted by molar-refractivity contribution is 7.22. The maximum absolute atomic E-state index is 5.61. The quantitative estimate of drug-likeness (QED) is 0.515. The molecule has 3 aliphatic rings. The zero-order valence-electron chi connectivity index (χ0n) is 20.0. The molecule has 0 unspecified atom stereocenters. The Hall–Kier alpha value is -2.29. The van der Waals surface area contributed by atoms with Gasteiger partial charge in [-0.1, -0.05) is 17.4 Å². The number of rotatable bonds is 6. The highest BCUT2D eigenvalue weighted by atomic mass is 32.1. The molecule has 3 saturated heterocycles. The molecule has 0 aliphatic carbocycles. The molecule has 8 heteroatoms. The minimum Gasteiger partial charge on any atom is -0.381 e. The SMILES string of the molecule is C[C@H]1CCCN1c1nc2cc(Nc3ccc(C4CCOCC4)c(CN4CCCC4)n3)ncc2s1. The van der Waals surface area contributed by atoms with Crippen molar-refractivity contribution in [3.63, 3.8) is 0 Å². The maximum Gasteiger partial charge on any atom is 0.186 e. The van der Waals surface area contributed by atoms with E-state index in [4.69, 9.17) is 14.7 Å². The van der Waals surface area contributed by atoms with Crippen molar-refractivity contribution in [2.24, 2.45) is 0 Å². The van der Waals surface area contributed by atoms with Gasteiger partial charge in [-0.05, 0) is 76.1 Å². The zero-order chi connectivity index (χ0) is 22.9. The third kappa shape index (κ3) is 4.63. The van der Waals surface area contributed by atoms with Gasteiger partial charge in [-0.3, -0.25) is 4.90 Å². The van der Waals surface area contributed by atoms with E-state index in [1.165, 1.54) is 50.0 Å². The van der Waals surface area contributed by atoms with Gasteiger partial charge in [0.05, 0.1) is 15.9 Å². The van der Waals surface area contributed by atoms with Crippen LogP contribution in [0.25, 0.3) is 10.2 Å². The van der Waals surface area contributed by atoms with Crippen molar-refractivity contribution < 1.29 is 4.74 Å². The Bertz CT molecular complexity index is 1140. The molecule has 0 aromatic carbocycles. The third-order valence-electron chi connectivity index (χ3n) is 7.56. The van der Waals surface area contributed by atoms with Gasteiger partial charge in [0.2, 0.25) is 0 Å². The monoisotopic (exact) mass is 478 g/mol. The zero-order valence-corrected chi connectivity index (χ0v) is 20.8. The number of likely N-dealkylation sites (tertiary alicyclic amines) is 1. The van der Waals surface area contributed by atoms with Gasteiger partial charge >= 0.3 is 0 Å². The van der Waals surface area contributed by atoms with Crippen LogP contribution in [0.5, 0.6) is 0 Å². The maximum atomic E-state index is 5.61. The van der Waals surface area contributed by atoms with Crippen molar-refractivity contribution in [3.8, 4) is 0 Å². The molecule has 1 atom stereocenters. The number of ether oxygens (including phenoxy) is 1. The number of hydrogen-bond acceptors (Lipinski definition) is 8. The summed E-state index contributed by atoms with van der Waals surface area (Å²) in [5, 5.41) is 4.58. The Morgan fingerprint density at radius 2 is 1.88 bits per heavy atom.